The summed E-state index contributed by atoms with van der Waals surface area (Å²) in [6.45, 7) is 4.14. The number of benzene rings is 1. The highest BCUT2D eigenvalue weighted by atomic mass is 32.1. The summed E-state index contributed by atoms with van der Waals surface area (Å²) in [6.07, 6.45) is 5.44. The molecule has 0 N–H and O–H groups in total. The third-order valence-electron chi connectivity index (χ3n) is 4.71. The van der Waals surface area contributed by atoms with Crippen molar-refractivity contribution in [1.29, 1.82) is 0 Å². The van der Waals surface area contributed by atoms with Crippen molar-refractivity contribution in [2.24, 2.45) is 0 Å². The van der Waals surface area contributed by atoms with Crippen molar-refractivity contribution >= 4 is 11.3 Å². The van der Waals surface area contributed by atoms with Gasteiger partial charge in [0.15, 0.2) is 5.82 Å². The summed E-state index contributed by atoms with van der Waals surface area (Å²) in [5.41, 5.74) is 4.21. The zero-order valence-corrected chi connectivity index (χ0v) is 14.6. The lowest BCUT2D eigenvalue weighted by Crippen LogP contribution is -2.34. The maximum Gasteiger partial charge on any atom is 0.154 e. The van der Waals surface area contributed by atoms with E-state index in [1.807, 2.05) is 17.9 Å². The molecule has 1 aliphatic heterocycles. The summed E-state index contributed by atoms with van der Waals surface area (Å²) in [6, 6.07) is 10.7. The number of hydrogen-bond donors (Lipinski definition) is 0. The first-order valence-electron chi connectivity index (χ1n) is 8.41. The molecule has 0 aliphatic carbocycles. The standard InChI is InChI=1S/C18H21N5S/c1-14-17(24-13-19-14)11-22-10-6-5-9-16(22)18-21-20-12-23(18)15-7-3-2-4-8-15/h2-4,7-8,12-13,16H,5-6,9-11H2,1H3. The van der Waals surface area contributed by atoms with Crippen molar-refractivity contribution in [2.75, 3.05) is 6.54 Å². The second-order valence-electron chi connectivity index (χ2n) is 6.24. The minimum Gasteiger partial charge on any atom is -0.288 e. The molecule has 1 fully saturated rings. The number of nitrogens with zero attached hydrogens (tertiary/aromatic N) is 5. The van der Waals surface area contributed by atoms with E-state index in [0.717, 1.165) is 36.7 Å². The Morgan fingerprint density at radius 2 is 2.08 bits per heavy atom. The Kier molecular flexibility index (Phi) is 4.40. The molecule has 0 spiro atoms. The van der Waals surface area contributed by atoms with Crippen molar-refractivity contribution in [3.63, 3.8) is 0 Å². The van der Waals surface area contributed by atoms with Gasteiger partial charge in [-0.05, 0) is 38.4 Å². The molecular formula is C18H21N5S. The van der Waals surface area contributed by atoms with Gasteiger partial charge in [0.25, 0.3) is 0 Å². The average Bonchev–Trinajstić information content (AvgIpc) is 3.26. The predicted molar refractivity (Wildman–Crippen MR) is 95.2 cm³/mol. The van der Waals surface area contributed by atoms with Crippen LogP contribution in [0.2, 0.25) is 0 Å². The molecule has 2 aromatic heterocycles. The maximum absolute atomic E-state index is 4.48. The van der Waals surface area contributed by atoms with E-state index in [-0.39, 0.29) is 0 Å². The van der Waals surface area contributed by atoms with Gasteiger partial charge in [0.2, 0.25) is 0 Å². The molecule has 1 atom stereocenters. The van der Waals surface area contributed by atoms with Crippen LogP contribution in [0.15, 0.2) is 42.2 Å². The first kappa shape index (κ1) is 15.5. The van der Waals surface area contributed by atoms with Gasteiger partial charge < -0.3 is 0 Å². The van der Waals surface area contributed by atoms with Crippen LogP contribution in [-0.2, 0) is 6.54 Å². The fraction of sp³-hybridized carbons (Fsp3) is 0.389. The van der Waals surface area contributed by atoms with E-state index < -0.39 is 0 Å². The summed E-state index contributed by atoms with van der Waals surface area (Å²) in [7, 11) is 0. The van der Waals surface area contributed by atoms with Gasteiger partial charge in [-0.25, -0.2) is 4.98 Å². The van der Waals surface area contributed by atoms with Gasteiger partial charge in [-0.2, -0.15) is 0 Å². The SMILES string of the molecule is Cc1ncsc1CN1CCCCC1c1nncn1-c1ccccc1. The van der Waals surface area contributed by atoms with Crippen molar-refractivity contribution in [1.82, 2.24) is 24.6 Å². The Balaban J connectivity index is 1.64. The average molecular weight is 339 g/mol. The zero-order valence-electron chi connectivity index (χ0n) is 13.8. The molecule has 0 bridgehead atoms. The van der Waals surface area contributed by atoms with E-state index in [2.05, 4.69) is 55.8 Å². The molecule has 6 heteroatoms. The van der Waals surface area contributed by atoms with Crippen LogP contribution in [0.4, 0.5) is 0 Å². The maximum atomic E-state index is 4.48. The van der Waals surface area contributed by atoms with Crippen molar-refractivity contribution < 1.29 is 0 Å². The van der Waals surface area contributed by atoms with Crippen LogP contribution in [-0.4, -0.2) is 31.2 Å². The van der Waals surface area contributed by atoms with E-state index in [1.54, 1.807) is 11.3 Å². The normalized spacial score (nSPS) is 18.8. The van der Waals surface area contributed by atoms with Gasteiger partial charge in [-0.1, -0.05) is 24.6 Å². The first-order valence-corrected chi connectivity index (χ1v) is 9.29. The molecule has 0 amide bonds. The molecular weight excluding hydrogens is 318 g/mol. The minimum absolute atomic E-state index is 0.308. The minimum atomic E-state index is 0.308. The Hall–Kier alpha value is -2.05. The zero-order chi connectivity index (χ0) is 16.4. The van der Waals surface area contributed by atoms with Crippen LogP contribution in [0.1, 0.15) is 41.7 Å². The van der Waals surface area contributed by atoms with Gasteiger partial charge in [0.05, 0.1) is 17.2 Å². The van der Waals surface area contributed by atoms with Gasteiger partial charge in [-0.3, -0.25) is 9.47 Å². The number of hydrogen-bond acceptors (Lipinski definition) is 5. The Labute approximate surface area is 146 Å². The van der Waals surface area contributed by atoms with Crippen LogP contribution in [0.5, 0.6) is 0 Å². The van der Waals surface area contributed by atoms with E-state index in [0.29, 0.717) is 6.04 Å². The lowest BCUT2D eigenvalue weighted by Gasteiger charge is -2.34. The molecule has 0 saturated carbocycles. The Bertz CT molecular complexity index is 795. The molecule has 1 unspecified atom stereocenters. The van der Waals surface area contributed by atoms with Crippen molar-refractivity contribution in [2.45, 2.75) is 38.8 Å². The Morgan fingerprint density at radius 3 is 2.88 bits per heavy atom. The molecule has 5 nitrogen and oxygen atoms in total. The van der Waals surface area contributed by atoms with E-state index in [9.17, 15) is 0 Å². The molecule has 3 aromatic rings. The highest BCUT2D eigenvalue weighted by Gasteiger charge is 2.29. The molecule has 3 heterocycles. The number of aryl methyl sites for hydroxylation is 1. The molecule has 24 heavy (non-hydrogen) atoms. The number of rotatable bonds is 4. The summed E-state index contributed by atoms with van der Waals surface area (Å²) >= 11 is 1.75. The van der Waals surface area contributed by atoms with Crippen LogP contribution in [0, 0.1) is 6.92 Å². The van der Waals surface area contributed by atoms with Crippen LogP contribution >= 0.6 is 11.3 Å². The topological polar surface area (TPSA) is 46.8 Å². The van der Waals surface area contributed by atoms with E-state index in [4.69, 9.17) is 0 Å². The highest BCUT2D eigenvalue weighted by molar-refractivity contribution is 7.09. The first-order chi connectivity index (χ1) is 11.8. The number of piperidine rings is 1. The summed E-state index contributed by atoms with van der Waals surface area (Å²) in [4.78, 5) is 8.28. The van der Waals surface area contributed by atoms with Gasteiger partial charge in [0.1, 0.15) is 6.33 Å². The number of thiazole rings is 1. The summed E-state index contributed by atoms with van der Waals surface area (Å²) in [5, 5.41) is 8.68. The monoisotopic (exact) mass is 339 g/mol. The van der Waals surface area contributed by atoms with Crippen LogP contribution in [0.3, 0.4) is 0 Å². The third-order valence-corrected chi connectivity index (χ3v) is 5.63. The smallest absolute Gasteiger partial charge is 0.154 e. The summed E-state index contributed by atoms with van der Waals surface area (Å²) < 4.78 is 2.13. The molecule has 124 valence electrons. The largest absolute Gasteiger partial charge is 0.288 e. The third kappa shape index (κ3) is 2.99. The van der Waals surface area contributed by atoms with E-state index in [1.165, 1.54) is 17.7 Å². The predicted octanol–water partition coefficient (Wildman–Crippen LogP) is 3.76. The van der Waals surface area contributed by atoms with Gasteiger partial charge in [-0.15, -0.1) is 21.5 Å². The van der Waals surface area contributed by atoms with Gasteiger partial charge in [0, 0.05) is 17.1 Å². The van der Waals surface area contributed by atoms with Crippen LogP contribution < -0.4 is 0 Å². The number of para-hydroxylation sites is 1. The number of aromatic nitrogens is 4. The second kappa shape index (κ2) is 6.83. The van der Waals surface area contributed by atoms with E-state index >= 15 is 0 Å². The quantitative estimate of drug-likeness (QED) is 0.726. The van der Waals surface area contributed by atoms with Crippen molar-refractivity contribution in [3.8, 4) is 5.69 Å². The van der Waals surface area contributed by atoms with Crippen LogP contribution in [0.25, 0.3) is 5.69 Å². The molecule has 1 saturated heterocycles. The van der Waals surface area contributed by atoms with Crippen molar-refractivity contribution in [3.05, 3.63) is 58.6 Å². The van der Waals surface area contributed by atoms with Gasteiger partial charge >= 0.3 is 0 Å². The molecule has 0 radical (unpaired) electrons. The molecule has 1 aliphatic rings. The summed E-state index contributed by atoms with van der Waals surface area (Å²) in [5.74, 6) is 1.04. The molecule has 4 rings (SSSR count). The molecule has 1 aromatic carbocycles. The fourth-order valence-corrected chi connectivity index (χ4v) is 4.20. The second-order valence-corrected chi connectivity index (χ2v) is 7.18. The highest BCUT2D eigenvalue weighted by Crippen LogP contribution is 2.33. The lowest BCUT2D eigenvalue weighted by atomic mass is 10.0. The lowest BCUT2D eigenvalue weighted by molar-refractivity contribution is 0.133. The Morgan fingerprint density at radius 1 is 1.21 bits per heavy atom. The fourth-order valence-electron chi connectivity index (χ4n) is 3.39. The number of likely N-dealkylation sites (tertiary alicyclic amines) is 1.